The Morgan fingerprint density at radius 1 is 1.22 bits per heavy atom. The van der Waals surface area contributed by atoms with Gasteiger partial charge in [-0.3, -0.25) is 9.36 Å². The number of carbonyl (C=O) groups excluding carboxylic acids is 1. The second-order valence-corrected chi connectivity index (χ2v) is 5.26. The average Bonchev–Trinajstić information content (AvgIpc) is 2.78. The van der Waals surface area contributed by atoms with Crippen LogP contribution in [0.25, 0.3) is 11.0 Å². The molecule has 0 fully saturated rings. The maximum Gasteiger partial charge on any atom is 0.326 e. The summed E-state index contributed by atoms with van der Waals surface area (Å²) in [6.07, 6.45) is 0. The topological polar surface area (TPSA) is 66.9 Å². The van der Waals surface area contributed by atoms with E-state index in [4.69, 9.17) is 11.6 Å². The molecule has 118 valence electrons. The molecule has 3 rings (SSSR count). The van der Waals surface area contributed by atoms with E-state index in [9.17, 15) is 18.4 Å². The Morgan fingerprint density at radius 3 is 2.74 bits per heavy atom. The molecule has 0 atom stereocenters. The monoisotopic (exact) mass is 337 g/mol. The smallest absolute Gasteiger partial charge is 0.324 e. The fraction of sp³-hybridized carbons (Fsp3) is 0.0667. The highest BCUT2D eigenvalue weighted by molar-refractivity contribution is 6.31. The van der Waals surface area contributed by atoms with Gasteiger partial charge in [0.1, 0.15) is 18.2 Å². The molecule has 0 saturated carbocycles. The minimum Gasteiger partial charge on any atom is -0.324 e. The van der Waals surface area contributed by atoms with Crippen LogP contribution in [0.2, 0.25) is 5.02 Å². The second kappa shape index (κ2) is 5.85. The summed E-state index contributed by atoms with van der Waals surface area (Å²) in [4.78, 5) is 26.4. The van der Waals surface area contributed by atoms with E-state index in [1.54, 1.807) is 0 Å². The Labute approximate surface area is 133 Å². The number of anilines is 1. The number of benzene rings is 2. The van der Waals surface area contributed by atoms with Crippen molar-refractivity contribution in [3.8, 4) is 0 Å². The molecule has 23 heavy (non-hydrogen) atoms. The first-order chi connectivity index (χ1) is 10.9. The number of aromatic nitrogens is 2. The van der Waals surface area contributed by atoms with Crippen LogP contribution in [0.3, 0.4) is 0 Å². The highest BCUT2D eigenvalue weighted by Gasteiger charge is 2.12. The van der Waals surface area contributed by atoms with E-state index in [2.05, 4.69) is 10.3 Å². The molecule has 1 amide bonds. The number of carbonyl (C=O) groups is 1. The van der Waals surface area contributed by atoms with Crippen LogP contribution >= 0.6 is 11.6 Å². The van der Waals surface area contributed by atoms with Crippen LogP contribution < -0.4 is 11.0 Å². The summed E-state index contributed by atoms with van der Waals surface area (Å²) in [5.41, 5.74) is 0.481. The quantitative estimate of drug-likeness (QED) is 0.771. The molecule has 0 aliphatic heterocycles. The molecule has 0 bridgehead atoms. The molecule has 1 aromatic heterocycles. The average molecular weight is 338 g/mol. The van der Waals surface area contributed by atoms with Gasteiger partial charge in [-0.05, 0) is 36.4 Å². The SMILES string of the molecule is O=C(Cn1c(=O)[nH]c2cc(F)ccc21)Nc1ccc(F)c(Cl)c1. The van der Waals surface area contributed by atoms with Gasteiger partial charge in [0.2, 0.25) is 5.91 Å². The van der Waals surface area contributed by atoms with E-state index in [0.29, 0.717) is 16.7 Å². The number of rotatable bonds is 3. The molecule has 0 saturated heterocycles. The highest BCUT2D eigenvalue weighted by Crippen LogP contribution is 2.19. The van der Waals surface area contributed by atoms with Gasteiger partial charge in [-0.15, -0.1) is 0 Å². The van der Waals surface area contributed by atoms with Crippen LogP contribution in [0, 0.1) is 11.6 Å². The first-order valence-electron chi connectivity index (χ1n) is 6.57. The molecule has 0 aliphatic rings. The number of hydrogen-bond donors (Lipinski definition) is 2. The molecule has 1 heterocycles. The van der Waals surface area contributed by atoms with E-state index in [1.807, 2.05) is 0 Å². The number of amides is 1. The maximum absolute atomic E-state index is 13.1. The van der Waals surface area contributed by atoms with Crippen LogP contribution in [-0.4, -0.2) is 15.5 Å². The van der Waals surface area contributed by atoms with Gasteiger partial charge in [-0.1, -0.05) is 11.6 Å². The number of aromatic amines is 1. The molecule has 0 radical (unpaired) electrons. The van der Waals surface area contributed by atoms with Gasteiger partial charge in [-0.25, -0.2) is 13.6 Å². The Bertz CT molecular complexity index is 965. The summed E-state index contributed by atoms with van der Waals surface area (Å²) in [5.74, 6) is -1.59. The molecule has 3 aromatic rings. The van der Waals surface area contributed by atoms with Crippen molar-refractivity contribution >= 4 is 34.2 Å². The van der Waals surface area contributed by atoms with E-state index in [1.165, 1.54) is 34.9 Å². The van der Waals surface area contributed by atoms with E-state index in [0.717, 1.165) is 6.07 Å². The normalized spacial score (nSPS) is 10.9. The first-order valence-corrected chi connectivity index (χ1v) is 6.95. The number of hydrogen-bond acceptors (Lipinski definition) is 2. The van der Waals surface area contributed by atoms with Gasteiger partial charge in [0.15, 0.2) is 0 Å². The number of fused-ring (bicyclic) bond motifs is 1. The van der Waals surface area contributed by atoms with Crippen LogP contribution in [0.1, 0.15) is 0 Å². The summed E-state index contributed by atoms with van der Waals surface area (Å²) >= 11 is 5.64. The zero-order chi connectivity index (χ0) is 16.6. The highest BCUT2D eigenvalue weighted by atomic mass is 35.5. The molecule has 2 aromatic carbocycles. The standard InChI is InChI=1S/C15H10ClF2N3O2/c16-10-6-9(2-3-11(10)18)19-14(22)7-21-13-4-1-8(17)5-12(13)20-15(21)23/h1-6H,7H2,(H,19,22)(H,20,23). The van der Waals surface area contributed by atoms with Crippen LogP contribution in [-0.2, 0) is 11.3 Å². The summed E-state index contributed by atoms with van der Waals surface area (Å²) in [5, 5.41) is 2.39. The fourth-order valence-electron chi connectivity index (χ4n) is 2.21. The zero-order valence-corrected chi connectivity index (χ0v) is 12.3. The molecule has 5 nitrogen and oxygen atoms in total. The van der Waals surface area contributed by atoms with Gasteiger partial charge in [0.05, 0.1) is 16.1 Å². The lowest BCUT2D eigenvalue weighted by Crippen LogP contribution is -2.25. The van der Waals surface area contributed by atoms with Crippen molar-refractivity contribution < 1.29 is 13.6 Å². The van der Waals surface area contributed by atoms with E-state index < -0.39 is 23.2 Å². The molecule has 0 unspecified atom stereocenters. The molecular weight excluding hydrogens is 328 g/mol. The van der Waals surface area contributed by atoms with Gasteiger partial charge < -0.3 is 10.3 Å². The summed E-state index contributed by atoms with van der Waals surface area (Å²) in [7, 11) is 0. The molecule has 2 N–H and O–H groups in total. The van der Waals surface area contributed by atoms with E-state index in [-0.39, 0.29) is 11.6 Å². The first kappa shape index (κ1) is 15.2. The van der Waals surface area contributed by atoms with Gasteiger partial charge in [0.25, 0.3) is 0 Å². The zero-order valence-electron chi connectivity index (χ0n) is 11.6. The summed E-state index contributed by atoms with van der Waals surface area (Å²) in [6, 6.07) is 7.52. The lowest BCUT2D eigenvalue weighted by atomic mass is 10.3. The van der Waals surface area contributed by atoms with Crippen molar-refractivity contribution in [2.75, 3.05) is 5.32 Å². The summed E-state index contributed by atoms with van der Waals surface area (Å²) < 4.78 is 27.4. The Balaban J connectivity index is 1.84. The van der Waals surface area contributed by atoms with E-state index >= 15 is 0 Å². The number of H-pyrrole nitrogens is 1. The van der Waals surface area contributed by atoms with Crippen molar-refractivity contribution in [3.05, 3.63) is 63.5 Å². The molecule has 8 heteroatoms. The van der Waals surface area contributed by atoms with Gasteiger partial charge in [-0.2, -0.15) is 0 Å². The predicted octanol–water partition coefficient (Wildman–Crippen LogP) is 2.90. The van der Waals surface area contributed by atoms with Crippen molar-refractivity contribution in [1.29, 1.82) is 0 Å². The predicted molar refractivity (Wildman–Crippen MR) is 82.6 cm³/mol. The Hall–Kier alpha value is -2.67. The van der Waals surface area contributed by atoms with Crippen molar-refractivity contribution in [2.24, 2.45) is 0 Å². The Kier molecular flexibility index (Phi) is 3.87. The largest absolute Gasteiger partial charge is 0.326 e. The summed E-state index contributed by atoms with van der Waals surface area (Å²) in [6.45, 7) is -0.278. The van der Waals surface area contributed by atoms with Crippen molar-refractivity contribution in [1.82, 2.24) is 9.55 Å². The van der Waals surface area contributed by atoms with Crippen LogP contribution in [0.15, 0.2) is 41.2 Å². The van der Waals surface area contributed by atoms with Crippen molar-refractivity contribution in [2.45, 2.75) is 6.54 Å². The molecule has 0 spiro atoms. The number of nitrogens with one attached hydrogen (secondary N) is 2. The third-order valence-corrected chi connectivity index (χ3v) is 3.53. The lowest BCUT2D eigenvalue weighted by Gasteiger charge is -2.07. The number of nitrogens with zero attached hydrogens (tertiary/aromatic N) is 1. The molecular formula is C15H10ClF2N3O2. The Morgan fingerprint density at radius 2 is 2.00 bits per heavy atom. The van der Waals surface area contributed by atoms with Gasteiger partial charge in [0, 0.05) is 5.69 Å². The number of imidazole rings is 1. The fourth-order valence-corrected chi connectivity index (χ4v) is 2.39. The maximum atomic E-state index is 13.1. The lowest BCUT2D eigenvalue weighted by molar-refractivity contribution is -0.116. The minimum atomic E-state index is -0.598. The van der Waals surface area contributed by atoms with Gasteiger partial charge >= 0.3 is 5.69 Å². The minimum absolute atomic E-state index is 0.123. The third-order valence-electron chi connectivity index (χ3n) is 3.24. The van der Waals surface area contributed by atoms with Crippen LogP contribution in [0.5, 0.6) is 0 Å². The second-order valence-electron chi connectivity index (χ2n) is 4.85. The third kappa shape index (κ3) is 3.09. The van der Waals surface area contributed by atoms with Crippen LogP contribution in [0.4, 0.5) is 14.5 Å². The number of halogens is 3. The van der Waals surface area contributed by atoms with Crippen molar-refractivity contribution in [3.63, 3.8) is 0 Å². The molecule has 0 aliphatic carbocycles.